The van der Waals surface area contributed by atoms with E-state index in [1.54, 1.807) is 13.2 Å². The van der Waals surface area contributed by atoms with Crippen molar-refractivity contribution in [2.75, 3.05) is 14.1 Å². The van der Waals surface area contributed by atoms with Crippen molar-refractivity contribution in [1.82, 2.24) is 30.2 Å². The van der Waals surface area contributed by atoms with Crippen molar-refractivity contribution in [3.05, 3.63) is 35.4 Å². The topological polar surface area (TPSA) is 74.1 Å². The Hall–Kier alpha value is -2.31. The number of aromatic amines is 1. The van der Waals surface area contributed by atoms with E-state index < -0.39 is 0 Å². The average Bonchev–Trinajstić information content (AvgIpc) is 3.09. The van der Waals surface area contributed by atoms with E-state index in [1.807, 2.05) is 24.8 Å². The second-order valence-corrected chi connectivity index (χ2v) is 5.71. The number of guanidine groups is 1. The van der Waals surface area contributed by atoms with Gasteiger partial charge >= 0.3 is 0 Å². The first kappa shape index (κ1) is 16.1. The van der Waals surface area contributed by atoms with Gasteiger partial charge in [0.2, 0.25) is 0 Å². The predicted octanol–water partition coefficient (Wildman–Crippen LogP) is 1.47. The molecule has 22 heavy (non-hydrogen) atoms. The van der Waals surface area contributed by atoms with E-state index in [0.717, 1.165) is 23.9 Å². The molecule has 0 aliphatic carbocycles. The summed E-state index contributed by atoms with van der Waals surface area (Å²) in [4.78, 5) is 6.43. The van der Waals surface area contributed by atoms with Gasteiger partial charge in [-0.2, -0.15) is 10.2 Å². The Morgan fingerprint density at radius 2 is 2.27 bits per heavy atom. The molecule has 7 heteroatoms. The van der Waals surface area contributed by atoms with Gasteiger partial charge in [-0.05, 0) is 12.0 Å². The molecule has 2 rings (SSSR count). The van der Waals surface area contributed by atoms with Crippen LogP contribution in [0.25, 0.3) is 0 Å². The Bertz CT molecular complexity index is 610. The first-order valence-corrected chi connectivity index (χ1v) is 7.43. The van der Waals surface area contributed by atoms with Crippen LogP contribution in [0.1, 0.15) is 36.7 Å². The molecule has 0 bridgehead atoms. The number of H-pyrrole nitrogens is 1. The number of hydrogen-bond donors (Lipinski definition) is 2. The van der Waals surface area contributed by atoms with Crippen LogP contribution < -0.4 is 5.32 Å². The van der Waals surface area contributed by atoms with Crippen LogP contribution in [0.2, 0.25) is 0 Å². The van der Waals surface area contributed by atoms with Crippen molar-refractivity contribution in [3.8, 4) is 0 Å². The van der Waals surface area contributed by atoms with E-state index in [-0.39, 0.29) is 0 Å². The van der Waals surface area contributed by atoms with E-state index in [9.17, 15) is 0 Å². The van der Waals surface area contributed by atoms with Crippen LogP contribution in [0.4, 0.5) is 0 Å². The van der Waals surface area contributed by atoms with Crippen molar-refractivity contribution in [3.63, 3.8) is 0 Å². The molecule has 2 N–H and O–H groups in total. The van der Waals surface area contributed by atoms with Crippen molar-refractivity contribution in [2.45, 2.75) is 32.9 Å². The molecule has 2 aromatic heterocycles. The van der Waals surface area contributed by atoms with Gasteiger partial charge in [-0.15, -0.1) is 0 Å². The quantitative estimate of drug-likeness (QED) is 0.648. The first-order valence-electron chi connectivity index (χ1n) is 7.43. The van der Waals surface area contributed by atoms with Crippen LogP contribution in [-0.2, 0) is 20.1 Å². The molecule has 0 saturated carbocycles. The zero-order valence-electron chi connectivity index (χ0n) is 14.0. The van der Waals surface area contributed by atoms with Gasteiger partial charge in [-0.3, -0.25) is 14.8 Å². The predicted molar refractivity (Wildman–Crippen MR) is 87.6 cm³/mol. The SMILES string of the molecule is CN=C(NCc1ccn[nH]1)N(C)Cc1cn(C)nc1C(C)C. The molecule has 0 unspecified atom stereocenters. The van der Waals surface area contributed by atoms with Crippen molar-refractivity contribution < 1.29 is 0 Å². The summed E-state index contributed by atoms with van der Waals surface area (Å²) in [5.74, 6) is 1.25. The number of aromatic nitrogens is 4. The summed E-state index contributed by atoms with van der Waals surface area (Å²) >= 11 is 0. The van der Waals surface area contributed by atoms with Crippen LogP contribution >= 0.6 is 0 Å². The Morgan fingerprint density at radius 3 is 2.86 bits per heavy atom. The third-order valence-electron chi connectivity index (χ3n) is 3.46. The Labute approximate surface area is 131 Å². The number of rotatable bonds is 5. The summed E-state index contributed by atoms with van der Waals surface area (Å²) in [7, 11) is 5.78. The highest BCUT2D eigenvalue weighted by molar-refractivity contribution is 5.79. The summed E-state index contributed by atoms with van der Waals surface area (Å²) in [5.41, 5.74) is 3.39. The van der Waals surface area contributed by atoms with Gasteiger partial charge in [0.1, 0.15) is 0 Å². The number of aliphatic imine (C=N–C) groups is 1. The fraction of sp³-hybridized carbons (Fsp3) is 0.533. The fourth-order valence-electron chi connectivity index (χ4n) is 2.44. The first-order chi connectivity index (χ1) is 10.5. The van der Waals surface area contributed by atoms with Crippen molar-refractivity contribution in [2.24, 2.45) is 12.0 Å². The number of nitrogens with one attached hydrogen (secondary N) is 2. The number of nitrogens with zero attached hydrogens (tertiary/aromatic N) is 5. The van der Waals surface area contributed by atoms with Gasteiger partial charge in [0, 0.05) is 45.6 Å². The van der Waals surface area contributed by atoms with Crippen molar-refractivity contribution >= 4 is 5.96 Å². The average molecular weight is 303 g/mol. The molecule has 0 spiro atoms. The van der Waals surface area contributed by atoms with Gasteiger partial charge in [0.15, 0.2) is 5.96 Å². The van der Waals surface area contributed by atoms with E-state index in [4.69, 9.17) is 0 Å². The largest absolute Gasteiger partial charge is 0.351 e. The second-order valence-electron chi connectivity index (χ2n) is 5.71. The van der Waals surface area contributed by atoms with E-state index >= 15 is 0 Å². The van der Waals surface area contributed by atoms with Crippen molar-refractivity contribution in [1.29, 1.82) is 0 Å². The minimum atomic E-state index is 0.407. The van der Waals surface area contributed by atoms with E-state index in [0.29, 0.717) is 12.5 Å². The van der Waals surface area contributed by atoms with Crippen LogP contribution in [0, 0.1) is 0 Å². The third kappa shape index (κ3) is 3.87. The van der Waals surface area contributed by atoms with Gasteiger partial charge < -0.3 is 10.2 Å². The molecule has 120 valence electrons. The zero-order chi connectivity index (χ0) is 16.1. The van der Waals surface area contributed by atoms with Crippen LogP contribution in [0.3, 0.4) is 0 Å². The molecule has 0 radical (unpaired) electrons. The fourth-order valence-corrected chi connectivity index (χ4v) is 2.44. The Morgan fingerprint density at radius 1 is 1.50 bits per heavy atom. The molecule has 2 heterocycles. The number of aryl methyl sites for hydroxylation is 1. The molecular formula is C15H25N7. The maximum Gasteiger partial charge on any atom is 0.194 e. The standard InChI is InChI=1S/C15H25N7/c1-11(2)14-12(10-22(5)20-14)9-21(4)15(16-3)17-8-13-6-7-18-19-13/h6-7,10-11H,8-9H2,1-5H3,(H,16,17)(H,18,19). The maximum atomic E-state index is 4.55. The Balaban J connectivity index is 2.01. The minimum Gasteiger partial charge on any atom is -0.351 e. The van der Waals surface area contributed by atoms with Crippen LogP contribution in [0.5, 0.6) is 0 Å². The smallest absolute Gasteiger partial charge is 0.194 e. The second kappa shape index (κ2) is 7.11. The van der Waals surface area contributed by atoms with Gasteiger partial charge in [0.05, 0.1) is 17.9 Å². The summed E-state index contributed by atoms with van der Waals surface area (Å²) in [6.07, 6.45) is 3.82. The lowest BCUT2D eigenvalue weighted by atomic mass is 10.1. The lowest BCUT2D eigenvalue weighted by Gasteiger charge is -2.22. The maximum absolute atomic E-state index is 4.55. The molecule has 0 atom stereocenters. The molecule has 0 aliphatic heterocycles. The lowest BCUT2D eigenvalue weighted by molar-refractivity contribution is 0.472. The van der Waals surface area contributed by atoms with Crippen LogP contribution in [-0.4, -0.2) is 44.9 Å². The molecule has 2 aromatic rings. The molecule has 0 amide bonds. The minimum absolute atomic E-state index is 0.407. The third-order valence-corrected chi connectivity index (χ3v) is 3.46. The molecule has 0 fully saturated rings. The summed E-state index contributed by atoms with van der Waals surface area (Å²) in [6.45, 7) is 5.76. The highest BCUT2D eigenvalue weighted by Gasteiger charge is 2.15. The van der Waals surface area contributed by atoms with E-state index in [2.05, 4.69) is 50.5 Å². The summed E-state index contributed by atoms with van der Waals surface area (Å²) < 4.78 is 1.87. The van der Waals surface area contributed by atoms with Gasteiger partial charge in [-0.25, -0.2) is 0 Å². The highest BCUT2D eigenvalue weighted by Crippen LogP contribution is 2.18. The molecule has 0 aliphatic rings. The Kier molecular flexibility index (Phi) is 5.19. The molecular weight excluding hydrogens is 278 g/mol. The normalized spacial score (nSPS) is 12.0. The van der Waals surface area contributed by atoms with Gasteiger partial charge in [-0.1, -0.05) is 13.8 Å². The van der Waals surface area contributed by atoms with E-state index in [1.165, 1.54) is 5.56 Å². The highest BCUT2D eigenvalue weighted by atomic mass is 15.3. The molecule has 7 nitrogen and oxygen atoms in total. The monoisotopic (exact) mass is 303 g/mol. The summed E-state index contributed by atoms with van der Waals surface area (Å²) in [6, 6.07) is 1.94. The zero-order valence-corrected chi connectivity index (χ0v) is 14.0. The van der Waals surface area contributed by atoms with Gasteiger partial charge in [0.25, 0.3) is 0 Å². The molecule has 0 aromatic carbocycles. The van der Waals surface area contributed by atoms with Crippen LogP contribution in [0.15, 0.2) is 23.5 Å². The number of hydrogen-bond acceptors (Lipinski definition) is 3. The summed E-state index contributed by atoms with van der Waals surface area (Å²) in [5, 5.41) is 14.8. The molecule has 0 saturated heterocycles. The lowest BCUT2D eigenvalue weighted by Crippen LogP contribution is -2.38.